The molecular weight excluding hydrogens is 564 g/mol. The number of aromatic hydroxyl groups is 4. The maximum Gasteiger partial charge on any atom is 0.180 e. The van der Waals surface area contributed by atoms with Gasteiger partial charge >= 0.3 is 0 Å². The third kappa shape index (κ3) is 4.54. The average molecular weight is 591 g/mol. The molecule has 6 heterocycles. The maximum absolute atomic E-state index is 10.1. The first-order valence-corrected chi connectivity index (χ1v) is 13.5. The van der Waals surface area contributed by atoms with E-state index in [2.05, 4.69) is 49.8 Å². The molecule has 8 rings (SSSR count). The number of rotatable bonds is 2. The molecule has 0 atom stereocenters. The number of hydrogen-bond acceptors (Lipinski definition) is 10. The van der Waals surface area contributed by atoms with Gasteiger partial charge in [0.05, 0.1) is 33.2 Å². The number of H-pyrrole nitrogens is 4. The number of aromatic amines is 4. The zero-order valence-electron chi connectivity index (χ0n) is 23.9. The van der Waals surface area contributed by atoms with Crippen LogP contribution >= 0.6 is 0 Å². The molecule has 0 saturated heterocycles. The van der Waals surface area contributed by atoms with Gasteiger partial charge in [0.2, 0.25) is 0 Å². The highest BCUT2D eigenvalue weighted by Crippen LogP contribution is 2.35. The molecule has 14 heteroatoms. The van der Waals surface area contributed by atoms with Gasteiger partial charge in [-0.2, -0.15) is 0 Å². The van der Waals surface area contributed by atoms with Crippen molar-refractivity contribution in [2.24, 2.45) is 0 Å². The first-order valence-electron chi connectivity index (χ1n) is 13.5. The van der Waals surface area contributed by atoms with Gasteiger partial charge in [0.1, 0.15) is 46.3 Å². The summed E-state index contributed by atoms with van der Waals surface area (Å²) in [5, 5.41) is 39.8. The van der Waals surface area contributed by atoms with Crippen molar-refractivity contribution in [3.63, 3.8) is 0 Å². The molecule has 0 unspecified atom stereocenters. The minimum absolute atomic E-state index is 0.0499. The summed E-state index contributed by atoms with van der Waals surface area (Å²) in [6.07, 6.45) is 0. The molecular formula is C30H26N10O4. The van der Waals surface area contributed by atoms with E-state index in [1.165, 1.54) is 24.3 Å². The highest BCUT2D eigenvalue weighted by atomic mass is 16.3. The number of nitrogens with one attached hydrogen (secondary N) is 4. The van der Waals surface area contributed by atoms with Crippen LogP contribution in [0.15, 0.2) is 36.4 Å². The van der Waals surface area contributed by atoms with Crippen molar-refractivity contribution in [1.82, 2.24) is 49.8 Å². The summed E-state index contributed by atoms with van der Waals surface area (Å²) in [5.74, 6) is 2.77. The van der Waals surface area contributed by atoms with Crippen molar-refractivity contribution in [3.05, 3.63) is 59.2 Å². The number of imidazole rings is 4. The third-order valence-electron chi connectivity index (χ3n) is 7.22. The Bertz CT molecular complexity index is 2130. The van der Waals surface area contributed by atoms with E-state index in [0.29, 0.717) is 56.5 Å². The Labute approximate surface area is 247 Å². The van der Waals surface area contributed by atoms with Crippen molar-refractivity contribution in [3.8, 4) is 45.8 Å². The topological polar surface area (TPSA) is 221 Å². The Kier molecular flexibility index (Phi) is 5.88. The first-order chi connectivity index (χ1) is 21.0. The van der Waals surface area contributed by atoms with Crippen molar-refractivity contribution in [2.45, 2.75) is 27.7 Å². The van der Waals surface area contributed by atoms with Gasteiger partial charge in [-0.05, 0) is 75.2 Å². The van der Waals surface area contributed by atoms with E-state index in [4.69, 9.17) is 0 Å². The van der Waals surface area contributed by atoms with E-state index in [-0.39, 0.29) is 23.0 Å². The zero-order chi connectivity index (χ0) is 30.9. The van der Waals surface area contributed by atoms with Crippen molar-refractivity contribution >= 4 is 44.7 Å². The summed E-state index contributed by atoms with van der Waals surface area (Å²) in [5.41, 5.74) is 7.35. The van der Waals surface area contributed by atoms with Gasteiger partial charge in [-0.15, -0.1) is 0 Å². The Morgan fingerprint density at radius 2 is 0.773 bits per heavy atom. The molecule has 220 valence electrons. The molecule has 0 aliphatic carbocycles. The number of fused-ring (bicyclic) bond motifs is 4. The molecule has 6 aromatic heterocycles. The molecule has 14 nitrogen and oxygen atoms in total. The summed E-state index contributed by atoms with van der Waals surface area (Å²) in [7, 11) is 0. The lowest BCUT2D eigenvalue weighted by Gasteiger charge is -2.04. The Hall–Kier alpha value is -6.18. The molecule has 44 heavy (non-hydrogen) atoms. The fraction of sp³-hybridized carbons (Fsp3) is 0.133. The van der Waals surface area contributed by atoms with Crippen LogP contribution < -0.4 is 0 Å². The predicted molar refractivity (Wildman–Crippen MR) is 164 cm³/mol. The number of aromatic nitrogens is 10. The summed E-state index contributed by atoms with van der Waals surface area (Å²) in [6, 6.07) is 9.71. The predicted octanol–water partition coefficient (Wildman–Crippen LogP) is 5.06. The second-order valence-corrected chi connectivity index (χ2v) is 10.6. The van der Waals surface area contributed by atoms with Crippen LogP contribution in [0.3, 0.4) is 0 Å². The fourth-order valence-electron chi connectivity index (χ4n) is 4.98. The molecule has 0 spiro atoms. The van der Waals surface area contributed by atoms with Gasteiger partial charge in [-0.25, -0.2) is 29.9 Å². The SMILES string of the molecule is Cc1nc2nc3nc(-c4cc(O)c(C)cc4O)[nH]c3cc2[nH]1.Cc1nc2nc3nc(-c4cc(O)c(C)cc4O)[nH]c3cc2[nH]1. The number of phenolic OH excluding ortho intramolecular Hbond substituents is 4. The van der Waals surface area contributed by atoms with Crippen molar-refractivity contribution in [2.75, 3.05) is 0 Å². The van der Waals surface area contributed by atoms with E-state index in [1.54, 1.807) is 13.8 Å². The number of pyridine rings is 2. The minimum atomic E-state index is 0.0499. The highest BCUT2D eigenvalue weighted by Gasteiger charge is 2.16. The van der Waals surface area contributed by atoms with E-state index in [1.807, 2.05) is 26.0 Å². The molecule has 0 amide bonds. The number of aryl methyl sites for hydroxylation is 4. The van der Waals surface area contributed by atoms with Crippen molar-refractivity contribution < 1.29 is 20.4 Å². The Balaban J connectivity index is 0.000000142. The van der Waals surface area contributed by atoms with Crippen LogP contribution in [0, 0.1) is 27.7 Å². The van der Waals surface area contributed by atoms with Gasteiger partial charge < -0.3 is 40.4 Å². The smallest absolute Gasteiger partial charge is 0.180 e. The monoisotopic (exact) mass is 590 g/mol. The molecule has 0 bridgehead atoms. The van der Waals surface area contributed by atoms with Gasteiger partial charge in [-0.3, -0.25) is 0 Å². The second kappa shape index (κ2) is 9.69. The molecule has 0 aliphatic heterocycles. The lowest BCUT2D eigenvalue weighted by molar-refractivity contribution is 0.458. The minimum Gasteiger partial charge on any atom is -0.508 e. The molecule has 0 aliphatic rings. The summed E-state index contributed by atoms with van der Waals surface area (Å²) < 4.78 is 0. The van der Waals surface area contributed by atoms with E-state index >= 15 is 0 Å². The summed E-state index contributed by atoms with van der Waals surface area (Å²) >= 11 is 0. The molecule has 0 saturated carbocycles. The van der Waals surface area contributed by atoms with E-state index in [9.17, 15) is 20.4 Å². The lowest BCUT2D eigenvalue weighted by Crippen LogP contribution is -1.84. The second-order valence-electron chi connectivity index (χ2n) is 10.6. The van der Waals surface area contributed by atoms with E-state index in [0.717, 1.165) is 33.7 Å². The van der Waals surface area contributed by atoms with Gasteiger partial charge in [0.15, 0.2) is 22.6 Å². The summed E-state index contributed by atoms with van der Waals surface area (Å²) in [6.45, 7) is 7.16. The normalized spacial score (nSPS) is 11.5. The number of phenols is 4. The van der Waals surface area contributed by atoms with Crippen LogP contribution in [-0.2, 0) is 0 Å². The van der Waals surface area contributed by atoms with Crippen LogP contribution in [-0.4, -0.2) is 70.3 Å². The molecule has 0 radical (unpaired) electrons. The number of hydrogen-bond donors (Lipinski definition) is 8. The van der Waals surface area contributed by atoms with E-state index < -0.39 is 0 Å². The molecule has 8 aromatic rings. The third-order valence-corrected chi connectivity index (χ3v) is 7.22. The van der Waals surface area contributed by atoms with Crippen LogP contribution in [0.25, 0.3) is 67.4 Å². The van der Waals surface area contributed by atoms with Crippen LogP contribution in [0.4, 0.5) is 0 Å². The standard InChI is InChI=1S/2C15H13N5O2/c2*1-6-3-12(22)8(4-11(6)21)13-18-10-5-9-14(17-7(2)16-9)20-15(10)19-13/h2*3-5,21-22H,1-2H3,(H2,16,17,18,19,20). The van der Waals surface area contributed by atoms with Crippen LogP contribution in [0.2, 0.25) is 0 Å². The van der Waals surface area contributed by atoms with Crippen LogP contribution in [0.1, 0.15) is 22.8 Å². The first kappa shape index (κ1) is 26.7. The van der Waals surface area contributed by atoms with Crippen molar-refractivity contribution in [1.29, 1.82) is 0 Å². The highest BCUT2D eigenvalue weighted by molar-refractivity contribution is 5.89. The zero-order valence-corrected chi connectivity index (χ0v) is 23.9. The number of benzene rings is 2. The quantitative estimate of drug-likeness (QED) is 0.125. The van der Waals surface area contributed by atoms with Gasteiger partial charge in [-0.1, -0.05) is 0 Å². The fourth-order valence-corrected chi connectivity index (χ4v) is 4.98. The van der Waals surface area contributed by atoms with Gasteiger partial charge in [0, 0.05) is 0 Å². The Morgan fingerprint density at radius 3 is 1.18 bits per heavy atom. The van der Waals surface area contributed by atoms with Crippen LogP contribution in [0.5, 0.6) is 23.0 Å². The number of nitrogens with zero attached hydrogens (tertiary/aromatic N) is 6. The maximum atomic E-state index is 10.1. The molecule has 2 aromatic carbocycles. The Morgan fingerprint density at radius 1 is 0.409 bits per heavy atom. The lowest BCUT2D eigenvalue weighted by atomic mass is 10.1. The largest absolute Gasteiger partial charge is 0.508 e. The summed E-state index contributed by atoms with van der Waals surface area (Å²) in [4.78, 5) is 38.5. The average Bonchev–Trinajstić information content (AvgIpc) is 3.73. The van der Waals surface area contributed by atoms with Gasteiger partial charge in [0.25, 0.3) is 0 Å². The molecule has 0 fully saturated rings. The molecule has 8 N–H and O–H groups in total.